The van der Waals surface area contributed by atoms with Crippen molar-refractivity contribution in [3.8, 4) is 0 Å². The largest absolute Gasteiger partial charge is 0.374 e. The Bertz CT molecular complexity index is 1310. The van der Waals surface area contributed by atoms with Crippen molar-refractivity contribution in [1.82, 2.24) is 15.3 Å². The van der Waals surface area contributed by atoms with Gasteiger partial charge in [-0.25, -0.2) is 23.1 Å². The van der Waals surface area contributed by atoms with Crippen molar-refractivity contribution in [2.75, 3.05) is 23.0 Å². The highest BCUT2D eigenvalue weighted by atomic mass is 35.5. The normalized spacial score (nSPS) is 25.0. The van der Waals surface area contributed by atoms with Crippen LogP contribution in [0, 0.1) is 11.7 Å². The summed E-state index contributed by atoms with van der Waals surface area (Å²) in [5, 5.41) is 13.7. The van der Waals surface area contributed by atoms with Gasteiger partial charge < -0.3 is 15.2 Å². The van der Waals surface area contributed by atoms with E-state index in [0.717, 1.165) is 11.0 Å². The Morgan fingerprint density at radius 2 is 1.95 bits per heavy atom. The van der Waals surface area contributed by atoms with Crippen molar-refractivity contribution in [2.45, 2.75) is 49.5 Å². The van der Waals surface area contributed by atoms with E-state index in [4.69, 9.17) is 16.3 Å². The zero-order valence-electron chi connectivity index (χ0n) is 21.2. The van der Waals surface area contributed by atoms with Crippen LogP contribution in [0.4, 0.5) is 24.8 Å². The van der Waals surface area contributed by atoms with Crippen molar-refractivity contribution in [3.63, 3.8) is 0 Å². The van der Waals surface area contributed by atoms with Crippen LogP contribution in [0.1, 0.15) is 19.3 Å². The van der Waals surface area contributed by atoms with Crippen LogP contribution < -0.4 is 15.1 Å². The molecule has 1 aliphatic heterocycles. The molecule has 40 heavy (non-hydrogen) atoms. The highest BCUT2D eigenvalue weighted by Gasteiger charge is 2.49. The Morgan fingerprint density at radius 3 is 2.62 bits per heavy atom. The molecular weight excluding hydrogens is 551 g/mol. The summed E-state index contributed by atoms with van der Waals surface area (Å²) in [7, 11) is 0. The van der Waals surface area contributed by atoms with E-state index in [-0.39, 0.29) is 36.3 Å². The second-order valence-electron chi connectivity index (χ2n) is 9.91. The van der Waals surface area contributed by atoms with Gasteiger partial charge in [-0.3, -0.25) is 19.4 Å². The van der Waals surface area contributed by atoms with Gasteiger partial charge in [-0.1, -0.05) is 29.8 Å². The van der Waals surface area contributed by atoms with Crippen molar-refractivity contribution >= 4 is 35.1 Å². The lowest BCUT2D eigenvalue weighted by molar-refractivity contribution is -0.134. The maximum Gasteiger partial charge on any atom is 0.253 e. The van der Waals surface area contributed by atoms with Gasteiger partial charge in [0.15, 0.2) is 6.23 Å². The van der Waals surface area contributed by atoms with Crippen molar-refractivity contribution < 1.29 is 32.6 Å². The lowest BCUT2D eigenvalue weighted by Crippen LogP contribution is -2.65. The van der Waals surface area contributed by atoms with Crippen LogP contribution in [0.2, 0.25) is 0 Å². The van der Waals surface area contributed by atoms with E-state index >= 15 is 0 Å². The smallest absolute Gasteiger partial charge is 0.253 e. The fourth-order valence-corrected chi connectivity index (χ4v) is 5.46. The molecule has 2 fully saturated rings. The molecule has 4 atom stereocenters. The zero-order chi connectivity index (χ0) is 28.4. The highest BCUT2D eigenvalue weighted by Crippen LogP contribution is 2.39. The molecule has 0 bridgehead atoms. The molecule has 1 saturated heterocycles. The summed E-state index contributed by atoms with van der Waals surface area (Å²) in [4.78, 5) is 39.0. The standard InChI is InChI=1S/C27H27ClF3N5O4/c28-20-8-2-1-7-19(20)23(24(38)34-17-12-27(30,31)13-17)35(18-6-3-5-16(29)11-18)25(39)21-14-40-15-22(37)36(21)26-32-9-4-10-33-26/h1-6,8-11,17,19,21-23,37H,7,12-15H2,(H,34,38)/t19?,21-,22?,23-/m0/s1. The molecule has 1 aromatic carbocycles. The molecule has 2 amide bonds. The SMILES string of the molecule is O=C(NC1CC(F)(F)C1)[C@H](C1CC=CC=C1Cl)N(C(=O)[C@@H]1COCC(O)N1c1ncccn1)c1cccc(F)c1. The number of aliphatic hydroxyl groups is 1. The fourth-order valence-electron chi connectivity index (χ4n) is 5.18. The van der Waals surface area contributed by atoms with Crippen LogP contribution in [-0.4, -0.2) is 70.4 Å². The monoisotopic (exact) mass is 577 g/mol. The number of aliphatic hydroxyl groups excluding tert-OH is 1. The van der Waals surface area contributed by atoms with E-state index in [1.54, 1.807) is 24.3 Å². The van der Waals surface area contributed by atoms with Gasteiger partial charge in [-0.15, -0.1) is 0 Å². The molecule has 5 rings (SSSR count). The average Bonchev–Trinajstić information content (AvgIpc) is 2.91. The highest BCUT2D eigenvalue weighted by molar-refractivity contribution is 6.30. The van der Waals surface area contributed by atoms with E-state index in [1.165, 1.54) is 35.5 Å². The predicted molar refractivity (Wildman–Crippen MR) is 140 cm³/mol. The van der Waals surface area contributed by atoms with Gasteiger partial charge in [-0.2, -0.15) is 0 Å². The number of carbonyl (C=O) groups excluding carboxylic acids is 2. The third-order valence-electron chi connectivity index (χ3n) is 7.09. The first-order valence-electron chi connectivity index (χ1n) is 12.7. The van der Waals surface area contributed by atoms with E-state index in [0.29, 0.717) is 0 Å². The molecule has 13 heteroatoms. The number of rotatable bonds is 7. The number of nitrogens with zero attached hydrogens (tertiary/aromatic N) is 4. The number of anilines is 2. The molecule has 2 aromatic rings. The Hall–Kier alpha value is -3.48. The number of carbonyl (C=O) groups is 2. The predicted octanol–water partition coefficient (Wildman–Crippen LogP) is 3.15. The number of benzene rings is 1. The number of aromatic nitrogens is 2. The fraction of sp³-hybridized carbons (Fsp3) is 0.407. The molecule has 3 aliphatic rings. The Morgan fingerprint density at radius 1 is 1.20 bits per heavy atom. The number of nitrogens with one attached hydrogen (secondary N) is 1. The number of allylic oxidation sites excluding steroid dienone is 3. The minimum Gasteiger partial charge on any atom is -0.374 e. The van der Waals surface area contributed by atoms with Gasteiger partial charge in [0.25, 0.3) is 11.8 Å². The van der Waals surface area contributed by atoms with Crippen LogP contribution in [-0.2, 0) is 14.3 Å². The molecule has 9 nitrogen and oxygen atoms in total. The number of amides is 2. The molecule has 2 aliphatic carbocycles. The number of alkyl halides is 2. The molecule has 212 valence electrons. The van der Waals surface area contributed by atoms with Crippen molar-refractivity contribution in [2.24, 2.45) is 5.92 Å². The Balaban J connectivity index is 1.58. The summed E-state index contributed by atoms with van der Waals surface area (Å²) in [6, 6.07) is 3.32. The lowest BCUT2D eigenvalue weighted by atomic mass is 9.86. The average molecular weight is 578 g/mol. The van der Waals surface area contributed by atoms with Crippen LogP contribution in [0.3, 0.4) is 0 Å². The molecule has 2 heterocycles. The molecule has 0 spiro atoms. The third-order valence-corrected chi connectivity index (χ3v) is 7.50. The molecule has 2 N–H and O–H groups in total. The first-order chi connectivity index (χ1) is 19.1. The summed E-state index contributed by atoms with van der Waals surface area (Å²) < 4.78 is 47.2. The number of ether oxygens (including phenoxy) is 1. The van der Waals surface area contributed by atoms with Gasteiger partial charge in [0, 0.05) is 47.9 Å². The number of hydrogen-bond donors (Lipinski definition) is 2. The molecule has 1 aromatic heterocycles. The van der Waals surface area contributed by atoms with Crippen LogP contribution in [0.15, 0.2) is 66.0 Å². The molecular formula is C27H27ClF3N5O4. The number of morpholine rings is 1. The van der Waals surface area contributed by atoms with Crippen LogP contribution in [0.25, 0.3) is 0 Å². The maximum absolute atomic E-state index is 14.5. The van der Waals surface area contributed by atoms with E-state index < -0.39 is 66.7 Å². The summed E-state index contributed by atoms with van der Waals surface area (Å²) in [5.41, 5.74) is 0.0390. The summed E-state index contributed by atoms with van der Waals surface area (Å²) in [6.45, 7) is -0.332. The summed E-state index contributed by atoms with van der Waals surface area (Å²) in [5.74, 6) is -5.72. The lowest BCUT2D eigenvalue weighted by Gasteiger charge is -2.44. The molecule has 0 radical (unpaired) electrons. The minimum atomic E-state index is -2.89. The topological polar surface area (TPSA) is 108 Å². The van der Waals surface area contributed by atoms with Crippen LogP contribution >= 0.6 is 11.6 Å². The van der Waals surface area contributed by atoms with E-state index in [1.807, 2.05) is 0 Å². The van der Waals surface area contributed by atoms with Crippen molar-refractivity contribution in [1.29, 1.82) is 0 Å². The van der Waals surface area contributed by atoms with Gasteiger partial charge in [-0.05, 0) is 36.8 Å². The van der Waals surface area contributed by atoms with Crippen molar-refractivity contribution in [3.05, 3.63) is 71.8 Å². The first kappa shape index (κ1) is 28.1. The quantitative estimate of drug-likeness (QED) is 0.520. The van der Waals surface area contributed by atoms with Gasteiger partial charge in [0.05, 0.1) is 13.2 Å². The minimum absolute atomic E-state index is 0.0390. The van der Waals surface area contributed by atoms with Gasteiger partial charge in [0.2, 0.25) is 11.9 Å². The maximum atomic E-state index is 14.5. The Labute approximate surface area is 233 Å². The summed E-state index contributed by atoms with van der Waals surface area (Å²) in [6.07, 6.45) is 5.83. The Kier molecular flexibility index (Phi) is 8.11. The molecule has 1 saturated carbocycles. The van der Waals surface area contributed by atoms with E-state index in [2.05, 4.69) is 15.3 Å². The second-order valence-corrected chi connectivity index (χ2v) is 10.4. The van der Waals surface area contributed by atoms with Gasteiger partial charge >= 0.3 is 0 Å². The first-order valence-corrected chi connectivity index (χ1v) is 13.1. The number of hydrogen-bond acceptors (Lipinski definition) is 7. The van der Waals surface area contributed by atoms with Gasteiger partial charge in [0.1, 0.15) is 17.9 Å². The zero-order valence-corrected chi connectivity index (χ0v) is 21.9. The molecule has 2 unspecified atom stereocenters. The third kappa shape index (κ3) is 5.84. The van der Waals surface area contributed by atoms with E-state index in [9.17, 15) is 27.9 Å². The summed E-state index contributed by atoms with van der Waals surface area (Å²) >= 11 is 6.55. The number of halogens is 4. The second kappa shape index (κ2) is 11.6. The van der Waals surface area contributed by atoms with Crippen LogP contribution in [0.5, 0.6) is 0 Å².